The average molecular weight is 480 g/mol. The van der Waals surface area contributed by atoms with Crippen LogP contribution < -0.4 is 10.6 Å². The van der Waals surface area contributed by atoms with Crippen molar-refractivity contribution in [3.63, 3.8) is 0 Å². The van der Waals surface area contributed by atoms with Crippen LogP contribution in [0.5, 0.6) is 0 Å². The fraction of sp³-hybridized carbons (Fsp3) is 0.286. The van der Waals surface area contributed by atoms with E-state index in [4.69, 9.17) is 12.3 Å². The first-order chi connectivity index (χ1) is 17.6. The second-order valence-electron chi connectivity index (χ2n) is 9.16. The molecule has 1 fully saturated rings. The standard InChI is InChI=1S/C28H29N7O/c1-30-24-8-9-26-25(16-24)22(17-31-26)5-2-3-10-34-11-13-35(14-12-34)28-32-18-23(19-33-28)20-6-4-7-21(15-20)27(29)36/h4,6-9,15-19,31H,2-3,5,10-14H2,(H2,29,36). The van der Waals surface area contributed by atoms with Gasteiger partial charge in [0.25, 0.3) is 0 Å². The van der Waals surface area contributed by atoms with Crippen LogP contribution in [0.1, 0.15) is 28.8 Å². The number of primary amides is 1. The first-order valence-electron chi connectivity index (χ1n) is 12.3. The van der Waals surface area contributed by atoms with Crippen LogP contribution in [0.2, 0.25) is 0 Å². The van der Waals surface area contributed by atoms with Crippen molar-refractivity contribution in [1.82, 2.24) is 19.9 Å². The molecule has 36 heavy (non-hydrogen) atoms. The molecule has 0 radical (unpaired) electrons. The molecule has 2 aromatic carbocycles. The van der Waals surface area contributed by atoms with Gasteiger partial charge in [0.05, 0.1) is 6.57 Å². The summed E-state index contributed by atoms with van der Waals surface area (Å²) in [6.45, 7) is 12.1. The van der Waals surface area contributed by atoms with E-state index in [1.54, 1.807) is 24.5 Å². The van der Waals surface area contributed by atoms with E-state index < -0.39 is 5.91 Å². The summed E-state index contributed by atoms with van der Waals surface area (Å²) in [6.07, 6.45) is 8.98. The lowest BCUT2D eigenvalue weighted by Crippen LogP contribution is -2.47. The predicted molar refractivity (Wildman–Crippen MR) is 142 cm³/mol. The Hall–Kier alpha value is -4.22. The van der Waals surface area contributed by atoms with Gasteiger partial charge in [0.1, 0.15) is 0 Å². The summed E-state index contributed by atoms with van der Waals surface area (Å²) >= 11 is 0. The zero-order valence-corrected chi connectivity index (χ0v) is 20.2. The summed E-state index contributed by atoms with van der Waals surface area (Å²) in [7, 11) is 0. The van der Waals surface area contributed by atoms with Crippen LogP contribution in [0.4, 0.5) is 11.6 Å². The lowest BCUT2D eigenvalue weighted by molar-refractivity contribution is 0.100. The van der Waals surface area contributed by atoms with Crippen LogP contribution >= 0.6 is 0 Å². The lowest BCUT2D eigenvalue weighted by atomic mass is 10.1. The molecule has 2 aromatic heterocycles. The van der Waals surface area contributed by atoms with Gasteiger partial charge in [-0.2, -0.15) is 0 Å². The number of hydrogen-bond acceptors (Lipinski definition) is 5. The Kier molecular flexibility index (Phi) is 6.92. The molecule has 182 valence electrons. The molecule has 0 aliphatic carbocycles. The van der Waals surface area contributed by atoms with Crippen molar-refractivity contribution >= 4 is 28.4 Å². The van der Waals surface area contributed by atoms with Gasteiger partial charge in [-0.25, -0.2) is 14.8 Å². The quantitative estimate of drug-likeness (QED) is 0.288. The summed E-state index contributed by atoms with van der Waals surface area (Å²) in [5.74, 6) is 0.294. The number of nitrogens with zero attached hydrogens (tertiary/aromatic N) is 5. The maximum absolute atomic E-state index is 11.4. The third-order valence-electron chi connectivity index (χ3n) is 6.82. The summed E-state index contributed by atoms with van der Waals surface area (Å²) in [5, 5.41) is 1.17. The molecule has 1 amide bonds. The first-order valence-corrected chi connectivity index (χ1v) is 12.3. The fourth-order valence-corrected chi connectivity index (χ4v) is 4.75. The van der Waals surface area contributed by atoms with Crippen molar-refractivity contribution in [2.24, 2.45) is 5.73 Å². The molecule has 3 N–H and O–H groups in total. The molecule has 0 spiro atoms. The lowest BCUT2D eigenvalue weighted by Gasteiger charge is -2.34. The summed E-state index contributed by atoms with van der Waals surface area (Å²) in [4.78, 5) is 32.2. The number of piperazine rings is 1. The monoisotopic (exact) mass is 479 g/mol. The second kappa shape index (κ2) is 10.6. The zero-order chi connectivity index (χ0) is 24.9. The molecule has 0 saturated carbocycles. The number of H-pyrrole nitrogens is 1. The minimum absolute atomic E-state index is 0.444. The van der Waals surface area contributed by atoms with Gasteiger partial charge in [0.2, 0.25) is 11.9 Å². The first kappa shape index (κ1) is 23.5. The Balaban J connectivity index is 1.09. The Labute approximate surface area is 210 Å². The van der Waals surface area contributed by atoms with Crippen LogP contribution in [-0.4, -0.2) is 58.5 Å². The number of carbonyl (C=O) groups is 1. The van der Waals surface area contributed by atoms with Crippen molar-refractivity contribution in [2.45, 2.75) is 19.3 Å². The van der Waals surface area contributed by atoms with E-state index in [1.165, 1.54) is 10.9 Å². The number of amides is 1. The number of rotatable bonds is 8. The molecule has 1 saturated heterocycles. The molecular formula is C28H29N7O. The number of carbonyl (C=O) groups excluding carboxylic acids is 1. The second-order valence-corrected chi connectivity index (χ2v) is 9.16. The van der Waals surface area contributed by atoms with Crippen molar-refractivity contribution in [3.05, 3.63) is 83.6 Å². The molecule has 1 aliphatic rings. The van der Waals surface area contributed by atoms with Gasteiger partial charge < -0.3 is 15.6 Å². The highest BCUT2D eigenvalue weighted by Crippen LogP contribution is 2.25. The van der Waals surface area contributed by atoms with Gasteiger partial charge in [-0.05, 0) is 66.6 Å². The molecular weight excluding hydrogens is 450 g/mol. The Morgan fingerprint density at radius 3 is 2.58 bits per heavy atom. The highest BCUT2D eigenvalue weighted by Gasteiger charge is 2.19. The number of nitrogens with one attached hydrogen (secondary N) is 1. The fourth-order valence-electron chi connectivity index (χ4n) is 4.75. The van der Waals surface area contributed by atoms with Crippen LogP contribution in [0.25, 0.3) is 26.9 Å². The maximum atomic E-state index is 11.4. The van der Waals surface area contributed by atoms with Crippen LogP contribution in [0.3, 0.4) is 0 Å². The van der Waals surface area contributed by atoms with E-state index in [1.807, 2.05) is 30.3 Å². The molecule has 0 bridgehead atoms. The minimum Gasteiger partial charge on any atom is -0.366 e. The number of aromatic amines is 1. The summed E-state index contributed by atoms with van der Waals surface area (Å²) < 4.78 is 0. The predicted octanol–water partition coefficient (Wildman–Crippen LogP) is 4.42. The highest BCUT2D eigenvalue weighted by molar-refractivity contribution is 5.94. The van der Waals surface area contributed by atoms with Crippen LogP contribution in [0, 0.1) is 6.57 Å². The molecule has 1 aliphatic heterocycles. The topological polar surface area (TPSA) is 95.5 Å². The van der Waals surface area contributed by atoms with Crippen molar-refractivity contribution in [3.8, 4) is 11.1 Å². The summed E-state index contributed by atoms with van der Waals surface area (Å²) in [6, 6.07) is 13.0. The highest BCUT2D eigenvalue weighted by atomic mass is 16.1. The van der Waals surface area contributed by atoms with E-state index in [9.17, 15) is 4.79 Å². The third kappa shape index (κ3) is 5.21. The average Bonchev–Trinajstić information content (AvgIpc) is 3.33. The SMILES string of the molecule is [C-]#[N+]c1ccc2[nH]cc(CCCCN3CCN(c4ncc(-c5cccc(C(N)=O)c5)cn4)CC3)c2c1. The van der Waals surface area contributed by atoms with E-state index in [-0.39, 0.29) is 0 Å². The number of aryl methyl sites for hydroxylation is 1. The van der Waals surface area contributed by atoms with Gasteiger partial charge in [0.15, 0.2) is 5.69 Å². The number of unbranched alkanes of at least 4 members (excludes halogenated alkanes) is 1. The van der Waals surface area contributed by atoms with Gasteiger partial charge in [-0.3, -0.25) is 9.69 Å². The van der Waals surface area contributed by atoms with Gasteiger partial charge in [-0.1, -0.05) is 18.2 Å². The van der Waals surface area contributed by atoms with E-state index >= 15 is 0 Å². The molecule has 8 nitrogen and oxygen atoms in total. The van der Waals surface area contributed by atoms with E-state index in [2.05, 4.69) is 35.8 Å². The van der Waals surface area contributed by atoms with Crippen molar-refractivity contribution in [1.29, 1.82) is 0 Å². The summed E-state index contributed by atoms with van der Waals surface area (Å²) in [5.41, 5.74) is 10.7. The normalized spacial score (nSPS) is 14.1. The number of benzene rings is 2. The molecule has 4 aromatic rings. The molecule has 3 heterocycles. The Morgan fingerprint density at radius 2 is 1.83 bits per heavy atom. The molecule has 0 atom stereocenters. The molecule has 0 unspecified atom stereocenters. The van der Waals surface area contributed by atoms with Gasteiger partial charge >= 0.3 is 0 Å². The van der Waals surface area contributed by atoms with Crippen molar-refractivity contribution in [2.75, 3.05) is 37.6 Å². The van der Waals surface area contributed by atoms with Crippen LogP contribution in [-0.2, 0) is 6.42 Å². The third-order valence-corrected chi connectivity index (χ3v) is 6.82. The van der Waals surface area contributed by atoms with E-state index in [0.29, 0.717) is 11.3 Å². The minimum atomic E-state index is -0.444. The number of fused-ring (bicyclic) bond motifs is 1. The van der Waals surface area contributed by atoms with Gasteiger partial charge in [0, 0.05) is 61.4 Å². The Bertz CT molecular complexity index is 1400. The van der Waals surface area contributed by atoms with E-state index in [0.717, 1.165) is 74.6 Å². The largest absolute Gasteiger partial charge is 0.366 e. The molecule has 8 heteroatoms. The number of nitrogens with two attached hydrogens (primary N) is 1. The smallest absolute Gasteiger partial charge is 0.248 e. The molecule has 5 rings (SSSR count). The van der Waals surface area contributed by atoms with Crippen molar-refractivity contribution < 1.29 is 4.79 Å². The number of aromatic nitrogens is 3. The van der Waals surface area contributed by atoms with Gasteiger partial charge in [-0.15, -0.1) is 0 Å². The Morgan fingerprint density at radius 1 is 1.03 bits per heavy atom. The maximum Gasteiger partial charge on any atom is 0.248 e. The number of hydrogen-bond donors (Lipinski definition) is 2. The zero-order valence-electron chi connectivity index (χ0n) is 20.2. The number of anilines is 1. The van der Waals surface area contributed by atoms with Crippen LogP contribution in [0.15, 0.2) is 61.1 Å².